The van der Waals surface area contributed by atoms with E-state index in [1.165, 1.54) is 11.7 Å². The normalized spacial score (nSPS) is 12.1. The summed E-state index contributed by atoms with van der Waals surface area (Å²) in [7, 11) is 1.48. The Hall–Kier alpha value is -1.00. The number of alkyl halides is 3. The zero-order chi connectivity index (χ0) is 9.35. The first-order valence-corrected chi connectivity index (χ1v) is 3.55. The summed E-state index contributed by atoms with van der Waals surface area (Å²) in [6.07, 6.45) is -2.98. The van der Waals surface area contributed by atoms with Crippen LogP contribution >= 0.6 is 0 Å². The van der Waals surface area contributed by atoms with Gasteiger partial charge in [-0.1, -0.05) is 6.92 Å². The fourth-order valence-corrected chi connectivity index (χ4v) is 1.03. The van der Waals surface area contributed by atoms with Crippen LogP contribution < -0.4 is 0 Å². The smallest absolute Gasteiger partial charge is 0.275 e. The van der Waals surface area contributed by atoms with E-state index in [-0.39, 0.29) is 5.69 Å². The Morgan fingerprint density at radius 2 is 2.08 bits per heavy atom. The first kappa shape index (κ1) is 9.09. The number of hydrogen-bond acceptors (Lipinski definition) is 1. The molecule has 68 valence electrons. The molecule has 0 saturated heterocycles. The van der Waals surface area contributed by atoms with Gasteiger partial charge in [-0.15, -0.1) is 0 Å². The SMILES string of the molecule is CCc1nn(C)cc1C(F)(F)F. The third kappa shape index (κ3) is 1.60. The molecular formula is C7H9F3N2. The Labute approximate surface area is 68.0 Å². The first-order valence-electron chi connectivity index (χ1n) is 3.55. The Kier molecular flexibility index (Phi) is 2.12. The molecule has 0 radical (unpaired) electrons. The lowest BCUT2D eigenvalue weighted by atomic mass is 10.2. The Morgan fingerprint density at radius 3 is 2.42 bits per heavy atom. The summed E-state index contributed by atoms with van der Waals surface area (Å²) in [4.78, 5) is 0. The van der Waals surface area contributed by atoms with Crippen LogP contribution in [0.4, 0.5) is 13.2 Å². The molecule has 1 aromatic rings. The summed E-state index contributed by atoms with van der Waals surface area (Å²) in [6.45, 7) is 1.65. The van der Waals surface area contributed by atoms with Gasteiger partial charge in [0.1, 0.15) is 0 Å². The zero-order valence-electron chi connectivity index (χ0n) is 6.81. The van der Waals surface area contributed by atoms with Crippen LogP contribution in [0.1, 0.15) is 18.2 Å². The lowest BCUT2D eigenvalue weighted by molar-refractivity contribution is -0.138. The van der Waals surface area contributed by atoms with E-state index in [4.69, 9.17) is 0 Å². The molecule has 5 heteroatoms. The summed E-state index contributed by atoms with van der Waals surface area (Å²) in [5.74, 6) is 0. The summed E-state index contributed by atoms with van der Waals surface area (Å²) in [5, 5.41) is 3.69. The van der Waals surface area contributed by atoms with Crippen LogP contribution in [0.5, 0.6) is 0 Å². The number of aryl methyl sites for hydroxylation is 2. The molecule has 2 nitrogen and oxygen atoms in total. The predicted molar refractivity (Wildman–Crippen MR) is 37.6 cm³/mol. The fraction of sp³-hybridized carbons (Fsp3) is 0.571. The summed E-state index contributed by atoms with van der Waals surface area (Å²) in [5.41, 5.74) is -0.530. The van der Waals surface area contributed by atoms with E-state index >= 15 is 0 Å². The van der Waals surface area contributed by atoms with Crippen molar-refractivity contribution >= 4 is 0 Å². The number of halogens is 3. The minimum absolute atomic E-state index is 0.102. The molecule has 0 unspecified atom stereocenters. The number of rotatable bonds is 1. The van der Waals surface area contributed by atoms with Gasteiger partial charge in [0.2, 0.25) is 0 Å². The van der Waals surface area contributed by atoms with Gasteiger partial charge in [0.25, 0.3) is 0 Å². The molecule has 0 atom stereocenters. The molecule has 0 spiro atoms. The van der Waals surface area contributed by atoms with E-state index in [1.807, 2.05) is 0 Å². The quantitative estimate of drug-likeness (QED) is 0.643. The highest BCUT2D eigenvalue weighted by molar-refractivity contribution is 5.20. The van der Waals surface area contributed by atoms with Gasteiger partial charge in [0, 0.05) is 13.2 Å². The van der Waals surface area contributed by atoms with Crippen molar-refractivity contribution in [2.45, 2.75) is 19.5 Å². The van der Waals surface area contributed by atoms with Gasteiger partial charge in [-0.05, 0) is 6.42 Å². The monoisotopic (exact) mass is 178 g/mol. The molecule has 0 bridgehead atoms. The van der Waals surface area contributed by atoms with Crippen molar-refractivity contribution in [2.24, 2.45) is 7.05 Å². The molecule has 0 N–H and O–H groups in total. The van der Waals surface area contributed by atoms with Crippen LogP contribution in [0.2, 0.25) is 0 Å². The van der Waals surface area contributed by atoms with Crippen LogP contribution in [-0.2, 0) is 19.6 Å². The molecule has 0 saturated carbocycles. The Bertz CT molecular complexity index is 275. The van der Waals surface area contributed by atoms with Crippen LogP contribution in [0, 0.1) is 0 Å². The van der Waals surface area contributed by atoms with Gasteiger partial charge >= 0.3 is 6.18 Å². The number of aromatic nitrogens is 2. The van der Waals surface area contributed by atoms with E-state index in [1.54, 1.807) is 6.92 Å². The van der Waals surface area contributed by atoms with Crippen LogP contribution in [0.15, 0.2) is 6.20 Å². The van der Waals surface area contributed by atoms with Crippen molar-refractivity contribution in [3.8, 4) is 0 Å². The lowest BCUT2D eigenvalue weighted by Crippen LogP contribution is -2.06. The van der Waals surface area contributed by atoms with Crippen molar-refractivity contribution in [3.63, 3.8) is 0 Å². The van der Waals surface area contributed by atoms with Gasteiger partial charge in [0.05, 0.1) is 11.3 Å². The van der Waals surface area contributed by atoms with Gasteiger partial charge in [-0.2, -0.15) is 18.3 Å². The molecule has 0 aliphatic carbocycles. The van der Waals surface area contributed by atoms with Crippen LogP contribution in [0.25, 0.3) is 0 Å². The maximum Gasteiger partial charge on any atom is 0.419 e. The van der Waals surface area contributed by atoms with Crippen molar-refractivity contribution in [3.05, 3.63) is 17.5 Å². The fourth-order valence-electron chi connectivity index (χ4n) is 1.03. The molecule has 0 fully saturated rings. The second-order valence-corrected chi connectivity index (χ2v) is 2.51. The zero-order valence-corrected chi connectivity index (χ0v) is 6.81. The van der Waals surface area contributed by atoms with E-state index in [0.29, 0.717) is 6.42 Å². The molecule has 0 aliphatic heterocycles. The molecule has 0 aromatic carbocycles. The van der Waals surface area contributed by atoms with Gasteiger partial charge in [-0.3, -0.25) is 4.68 Å². The van der Waals surface area contributed by atoms with Crippen LogP contribution in [0.3, 0.4) is 0 Å². The topological polar surface area (TPSA) is 17.8 Å². The Morgan fingerprint density at radius 1 is 1.50 bits per heavy atom. The molecular weight excluding hydrogens is 169 g/mol. The standard InChI is InChI=1S/C7H9F3N2/c1-3-6-5(7(8,9)10)4-12(2)11-6/h4H,3H2,1-2H3. The summed E-state index contributed by atoms with van der Waals surface area (Å²) < 4.78 is 37.8. The third-order valence-corrected chi connectivity index (χ3v) is 1.55. The highest BCUT2D eigenvalue weighted by atomic mass is 19.4. The minimum atomic E-state index is -4.28. The minimum Gasteiger partial charge on any atom is -0.275 e. The maximum absolute atomic E-state index is 12.2. The van der Waals surface area contributed by atoms with E-state index in [0.717, 1.165) is 6.20 Å². The molecule has 0 amide bonds. The van der Waals surface area contributed by atoms with Gasteiger partial charge in [0.15, 0.2) is 0 Å². The molecule has 1 aromatic heterocycles. The average Bonchev–Trinajstić information content (AvgIpc) is 2.29. The van der Waals surface area contributed by atoms with Crippen molar-refractivity contribution < 1.29 is 13.2 Å². The number of hydrogen-bond donors (Lipinski definition) is 0. The summed E-state index contributed by atoms with van der Waals surface area (Å²) >= 11 is 0. The van der Waals surface area contributed by atoms with Crippen molar-refractivity contribution in [1.82, 2.24) is 9.78 Å². The second kappa shape index (κ2) is 2.80. The second-order valence-electron chi connectivity index (χ2n) is 2.51. The lowest BCUT2D eigenvalue weighted by Gasteiger charge is -2.03. The van der Waals surface area contributed by atoms with Crippen LogP contribution in [-0.4, -0.2) is 9.78 Å². The molecule has 0 aliphatic rings. The summed E-state index contributed by atoms with van der Waals surface area (Å²) in [6, 6.07) is 0. The third-order valence-electron chi connectivity index (χ3n) is 1.55. The largest absolute Gasteiger partial charge is 0.419 e. The Balaban J connectivity index is 3.13. The highest BCUT2D eigenvalue weighted by Crippen LogP contribution is 2.31. The first-order chi connectivity index (χ1) is 5.45. The maximum atomic E-state index is 12.2. The van der Waals surface area contributed by atoms with E-state index in [9.17, 15) is 13.2 Å². The highest BCUT2D eigenvalue weighted by Gasteiger charge is 2.34. The molecule has 1 heterocycles. The predicted octanol–water partition coefficient (Wildman–Crippen LogP) is 2.00. The van der Waals surface area contributed by atoms with E-state index < -0.39 is 11.7 Å². The van der Waals surface area contributed by atoms with Crippen molar-refractivity contribution in [2.75, 3.05) is 0 Å². The van der Waals surface area contributed by atoms with Gasteiger partial charge in [-0.25, -0.2) is 0 Å². The van der Waals surface area contributed by atoms with Crippen molar-refractivity contribution in [1.29, 1.82) is 0 Å². The molecule has 1 rings (SSSR count). The number of nitrogens with zero attached hydrogens (tertiary/aromatic N) is 2. The molecule has 12 heavy (non-hydrogen) atoms. The van der Waals surface area contributed by atoms with E-state index in [2.05, 4.69) is 5.10 Å². The van der Waals surface area contributed by atoms with Gasteiger partial charge < -0.3 is 0 Å². The average molecular weight is 178 g/mol.